The van der Waals surface area contributed by atoms with Gasteiger partial charge in [-0.3, -0.25) is 4.79 Å². The van der Waals surface area contributed by atoms with Crippen LogP contribution < -0.4 is 0 Å². The lowest BCUT2D eigenvalue weighted by molar-refractivity contribution is -0.131. The molecule has 19 heavy (non-hydrogen) atoms. The van der Waals surface area contributed by atoms with Crippen molar-refractivity contribution in [3.63, 3.8) is 0 Å². The molecule has 0 aliphatic heterocycles. The molecule has 0 atom stereocenters. The highest BCUT2D eigenvalue weighted by atomic mass is 32.2. The van der Waals surface area contributed by atoms with Gasteiger partial charge in [-0.25, -0.2) is 0 Å². The molecular formula is C15H23NO2S. The summed E-state index contributed by atoms with van der Waals surface area (Å²) in [4.78, 5) is 14.9. The molecule has 4 heteroatoms. The summed E-state index contributed by atoms with van der Waals surface area (Å²) in [6, 6.07) is 8.34. The molecule has 1 aromatic rings. The van der Waals surface area contributed by atoms with Crippen molar-refractivity contribution in [2.75, 3.05) is 25.4 Å². The summed E-state index contributed by atoms with van der Waals surface area (Å²) in [5, 5.41) is 8.94. The van der Waals surface area contributed by atoms with E-state index in [1.165, 1.54) is 10.5 Å². The van der Waals surface area contributed by atoms with Crippen molar-refractivity contribution in [1.29, 1.82) is 0 Å². The molecule has 0 fully saturated rings. The molecule has 0 aromatic heterocycles. The van der Waals surface area contributed by atoms with Crippen molar-refractivity contribution < 1.29 is 9.90 Å². The second-order valence-electron chi connectivity index (χ2n) is 4.52. The molecule has 1 N–H and O–H groups in total. The number of aryl methyl sites for hydroxylation is 1. The predicted molar refractivity (Wildman–Crippen MR) is 80.5 cm³/mol. The van der Waals surface area contributed by atoms with Gasteiger partial charge in [-0.1, -0.05) is 24.6 Å². The second kappa shape index (κ2) is 8.99. The zero-order chi connectivity index (χ0) is 14.1. The molecule has 0 saturated carbocycles. The molecule has 106 valence electrons. The number of benzene rings is 1. The highest BCUT2D eigenvalue weighted by Gasteiger charge is 2.11. The highest BCUT2D eigenvalue weighted by Crippen LogP contribution is 2.19. The zero-order valence-electron chi connectivity index (χ0n) is 11.8. The van der Waals surface area contributed by atoms with Crippen molar-refractivity contribution in [1.82, 2.24) is 4.90 Å². The van der Waals surface area contributed by atoms with Crippen molar-refractivity contribution in [2.45, 2.75) is 31.6 Å². The Kier molecular flexibility index (Phi) is 7.60. The maximum Gasteiger partial charge on any atom is 0.223 e. The van der Waals surface area contributed by atoms with Crippen LogP contribution in [0.5, 0.6) is 0 Å². The van der Waals surface area contributed by atoms with Crippen molar-refractivity contribution in [2.24, 2.45) is 0 Å². The first-order chi connectivity index (χ1) is 9.17. The van der Waals surface area contributed by atoms with Gasteiger partial charge in [-0.05, 0) is 25.5 Å². The summed E-state index contributed by atoms with van der Waals surface area (Å²) in [5.74, 6) is 0.920. The summed E-state index contributed by atoms with van der Waals surface area (Å²) in [7, 11) is 0. The molecule has 0 spiro atoms. The Morgan fingerprint density at radius 2 is 1.95 bits per heavy atom. The summed E-state index contributed by atoms with van der Waals surface area (Å²) < 4.78 is 0. The lowest BCUT2D eigenvalue weighted by atomic mass is 10.2. The molecule has 0 unspecified atom stereocenters. The average Bonchev–Trinajstić information content (AvgIpc) is 2.40. The number of hydrogen-bond acceptors (Lipinski definition) is 3. The molecular weight excluding hydrogens is 258 g/mol. The molecule has 0 radical (unpaired) electrons. The minimum atomic E-state index is 0.0385. The van der Waals surface area contributed by atoms with Crippen molar-refractivity contribution in [3.05, 3.63) is 29.8 Å². The molecule has 1 aromatic carbocycles. The van der Waals surface area contributed by atoms with E-state index in [1.807, 2.05) is 6.92 Å². The number of hydrogen-bond donors (Lipinski definition) is 1. The number of nitrogens with zero attached hydrogens (tertiary/aromatic N) is 1. The summed E-state index contributed by atoms with van der Waals surface area (Å²) in [5.41, 5.74) is 1.25. The first-order valence-electron chi connectivity index (χ1n) is 6.75. The Balaban J connectivity index is 2.34. The fourth-order valence-electron chi connectivity index (χ4n) is 1.80. The number of thioether (sulfide) groups is 1. The van der Waals surface area contributed by atoms with Crippen LogP contribution in [0, 0.1) is 6.92 Å². The lowest BCUT2D eigenvalue weighted by Crippen LogP contribution is -2.34. The third-order valence-electron chi connectivity index (χ3n) is 2.82. The van der Waals surface area contributed by atoms with E-state index in [0.29, 0.717) is 13.0 Å². The van der Waals surface area contributed by atoms with Gasteiger partial charge in [0.15, 0.2) is 0 Å². The van der Waals surface area contributed by atoms with Gasteiger partial charge in [0, 0.05) is 30.2 Å². The van der Waals surface area contributed by atoms with E-state index in [0.717, 1.165) is 18.7 Å². The third-order valence-corrected chi connectivity index (χ3v) is 3.84. The molecule has 1 amide bonds. The standard InChI is InChI=1S/C15H23NO2S/c1-3-9-16(10-11-17)15(18)8-12-19-14-6-4-13(2)5-7-14/h4-7,17H,3,8-12H2,1-2H3. The number of rotatable bonds is 8. The number of carbonyl (C=O) groups is 1. The van der Waals surface area contributed by atoms with Crippen LogP contribution in [0.3, 0.4) is 0 Å². The third kappa shape index (κ3) is 6.12. The summed E-state index contributed by atoms with van der Waals surface area (Å²) in [6.45, 7) is 5.32. The van der Waals surface area contributed by atoms with E-state index in [9.17, 15) is 4.79 Å². The Bertz CT molecular complexity index is 372. The predicted octanol–water partition coefficient (Wildman–Crippen LogP) is 2.71. The maximum absolute atomic E-state index is 12.0. The van der Waals surface area contributed by atoms with Gasteiger partial charge in [0.05, 0.1) is 6.61 Å². The highest BCUT2D eigenvalue weighted by molar-refractivity contribution is 7.99. The van der Waals surface area contributed by atoms with Gasteiger partial charge in [0.25, 0.3) is 0 Å². The van der Waals surface area contributed by atoms with Crippen LogP contribution in [-0.4, -0.2) is 41.4 Å². The Morgan fingerprint density at radius 1 is 1.26 bits per heavy atom. The van der Waals surface area contributed by atoms with Crippen LogP contribution in [0.4, 0.5) is 0 Å². The fraction of sp³-hybridized carbons (Fsp3) is 0.533. The number of aliphatic hydroxyl groups is 1. The van der Waals surface area contributed by atoms with Crippen LogP contribution in [0.2, 0.25) is 0 Å². The van der Waals surface area contributed by atoms with E-state index in [1.54, 1.807) is 16.7 Å². The Morgan fingerprint density at radius 3 is 2.53 bits per heavy atom. The lowest BCUT2D eigenvalue weighted by Gasteiger charge is -2.20. The van der Waals surface area contributed by atoms with E-state index >= 15 is 0 Å². The Labute approximate surface area is 120 Å². The SMILES string of the molecule is CCCN(CCO)C(=O)CCSc1ccc(C)cc1. The largest absolute Gasteiger partial charge is 0.395 e. The average molecular weight is 281 g/mol. The van der Waals surface area contributed by atoms with Crippen LogP contribution in [0.15, 0.2) is 29.2 Å². The fourth-order valence-corrected chi connectivity index (χ4v) is 2.64. The molecule has 0 bridgehead atoms. The molecule has 3 nitrogen and oxygen atoms in total. The summed E-state index contributed by atoms with van der Waals surface area (Å²) in [6.07, 6.45) is 1.45. The number of carbonyl (C=O) groups excluding carboxylic acids is 1. The smallest absolute Gasteiger partial charge is 0.223 e. The Hall–Kier alpha value is -1.00. The quantitative estimate of drug-likeness (QED) is 0.745. The van der Waals surface area contributed by atoms with E-state index in [-0.39, 0.29) is 12.5 Å². The first kappa shape index (κ1) is 16.1. The van der Waals surface area contributed by atoms with E-state index in [4.69, 9.17) is 5.11 Å². The first-order valence-corrected chi connectivity index (χ1v) is 7.74. The molecule has 0 aliphatic carbocycles. The van der Waals surface area contributed by atoms with Gasteiger partial charge in [0.1, 0.15) is 0 Å². The molecule has 0 saturated heterocycles. The molecule has 0 aliphatic rings. The van der Waals surface area contributed by atoms with Crippen LogP contribution in [-0.2, 0) is 4.79 Å². The van der Waals surface area contributed by atoms with Crippen LogP contribution in [0.25, 0.3) is 0 Å². The second-order valence-corrected chi connectivity index (χ2v) is 5.68. The van der Waals surface area contributed by atoms with Crippen LogP contribution in [0.1, 0.15) is 25.3 Å². The van der Waals surface area contributed by atoms with Crippen LogP contribution >= 0.6 is 11.8 Å². The minimum Gasteiger partial charge on any atom is -0.395 e. The van der Waals surface area contributed by atoms with Gasteiger partial charge in [-0.2, -0.15) is 0 Å². The molecule has 1 rings (SSSR count). The van der Waals surface area contributed by atoms with Crippen molar-refractivity contribution in [3.8, 4) is 0 Å². The normalized spacial score (nSPS) is 10.5. The van der Waals surface area contributed by atoms with Gasteiger partial charge >= 0.3 is 0 Å². The summed E-state index contributed by atoms with van der Waals surface area (Å²) >= 11 is 1.70. The van der Waals surface area contributed by atoms with E-state index < -0.39 is 0 Å². The van der Waals surface area contributed by atoms with Gasteiger partial charge in [-0.15, -0.1) is 11.8 Å². The monoisotopic (exact) mass is 281 g/mol. The number of aliphatic hydroxyl groups excluding tert-OH is 1. The molecule has 0 heterocycles. The minimum absolute atomic E-state index is 0.0385. The number of amides is 1. The van der Waals surface area contributed by atoms with Gasteiger partial charge < -0.3 is 10.0 Å². The zero-order valence-corrected chi connectivity index (χ0v) is 12.6. The topological polar surface area (TPSA) is 40.5 Å². The van der Waals surface area contributed by atoms with Crippen molar-refractivity contribution >= 4 is 17.7 Å². The van der Waals surface area contributed by atoms with E-state index in [2.05, 4.69) is 31.2 Å². The van der Waals surface area contributed by atoms with Gasteiger partial charge in [0.2, 0.25) is 5.91 Å². The maximum atomic E-state index is 12.0.